The monoisotopic (exact) mass is 250 g/mol. The van der Waals surface area contributed by atoms with Gasteiger partial charge in [-0.25, -0.2) is 4.39 Å². The van der Waals surface area contributed by atoms with Crippen LogP contribution in [0.15, 0.2) is 24.3 Å². The molecule has 1 aliphatic heterocycles. The van der Waals surface area contributed by atoms with E-state index in [0.717, 1.165) is 38.2 Å². The van der Waals surface area contributed by atoms with Crippen molar-refractivity contribution < 1.29 is 4.39 Å². The molecule has 0 bridgehead atoms. The molecule has 1 aliphatic rings. The van der Waals surface area contributed by atoms with Crippen LogP contribution < -0.4 is 5.32 Å². The summed E-state index contributed by atoms with van der Waals surface area (Å²) in [7, 11) is 0. The number of nitrogens with one attached hydrogen (secondary N) is 1. The summed E-state index contributed by atoms with van der Waals surface area (Å²) in [6.07, 6.45) is 3.21. The zero-order chi connectivity index (χ0) is 12.8. The maximum absolute atomic E-state index is 13.5. The zero-order valence-corrected chi connectivity index (χ0v) is 11.2. The van der Waals surface area contributed by atoms with Gasteiger partial charge >= 0.3 is 0 Å². The molecule has 2 nitrogen and oxygen atoms in total. The Morgan fingerprint density at radius 1 is 1.33 bits per heavy atom. The molecular weight excluding hydrogens is 227 g/mol. The largest absolute Gasteiger partial charge is 0.313 e. The van der Waals surface area contributed by atoms with Crippen molar-refractivity contribution in [3.63, 3.8) is 0 Å². The Bertz CT molecular complexity index is 367. The minimum atomic E-state index is -0.0723. The van der Waals surface area contributed by atoms with E-state index in [4.69, 9.17) is 0 Å². The molecule has 0 aliphatic carbocycles. The van der Waals surface area contributed by atoms with Gasteiger partial charge in [-0.15, -0.1) is 0 Å². The highest BCUT2D eigenvalue weighted by atomic mass is 19.1. The maximum Gasteiger partial charge on any atom is 0.126 e. The second kappa shape index (κ2) is 6.86. The summed E-state index contributed by atoms with van der Waals surface area (Å²) in [5.41, 5.74) is 0.835. The third-order valence-electron chi connectivity index (χ3n) is 3.80. The van der Waals surface area contributed by atoms with Gasteiger partial charge in [0.15, 0.2) is 0 Å². The smallest absolute Gasteiger partial charge is 0.126 e. The fourth-order valence-corrected chi connectivity index (χ4v) is 2.53. The summed E-state index contributed by atoms with van der Waals surface area (Å²) >= 11 is 0. The molecule has 1 unspecified atom stereocenters. The molecule has 0 amide bonds. The van der Waals surface area contributed by atoms with E-state index in [2.05, 4.69) is 17.1 Å². The molecule has 0 aromatic heterocycles. The van der Waals surface area contributed by atoms with Gasteiger partial charge in [0.05, 0.1) is 0 Å². The van der Waals surface area contributed by atoms with E-state index in [1.165, 1.54) is 12.8 Å². The second-order valence-corrected chi connectivity index (χ2v) is 5.03. The van der Waals surface area contributed by atoms with Crippen LogP contribution in [0.3, 0.4) is 0 Å². The molecule has 0 saturated carbocycles. The Morgan fingerprint density at radius 2 is 2.17 bits per heavy atom. The van der Waals surface area contributed by atoms with Crippen molar-refractivity contribution in [2.75, 3.05) is 26.2 Å². The van der Waals surface area contributed by atoms with Crippen molar-refractivity contribution in [1.29, 1.82) is 0 Å². The van der Waals surface area contributed by atoms with Gasteiger partial charge in [0.1, 0.15) is 5.82 Å². The fraction of sp³-hybridized carbons (Fsp3) is 0.600. The van der Waals surface area contributed by atoms with Crippen molar-refractivity contribution >= 4 is 0 Å². The number of hydrogen-bond acceptors (Lipinski definition) is 2. The fourth-order valence-electron chi connectivity index (χ4n) is 2.53. The average Bonchev–Trinajstić information content (AvgIpc) is 2.63. The lowest BCUT2D eigenvalue weighted by atomic mass is 10.1. The highest BCUT2D eigenvalue weighted by Gasteiger charge is 2.14. The Labute approximate surface area is 109 Å². The summed E-state index contributed by atoms with van der Waals surface area (Å²) in [5, 5.41) is 3.56. The van der Waals surface area contributed by atoms with Gasteiger partial charge in [0.25, 0.3) is 0 Å². The van der Waals surface area contributed by atoms with Crippen LogP contribution in [0, 0.1) is 5.82 Å². The lowest BCUT2D eigenvalue weighted by Gasteiger charge is -2.19. The molecule has 1 N–H and O–H groups in total. The molecule has 1 atom stereocenters. The Kier molecular flexibility index (Phi) is 5.14. The third-order valence-corrected chi connectivity index (χ3v) is 3.80. The Balaban J connectivity index is 1.82. The molecule has 1 heterocycles. The molecule has 0 radical (unpaired) electrons. The van der Waals surface area contributed by atoms with Crippen molar-refractivity contribution in [2.24, 2.45) is 0 Å². The van der Waals surface area contributed by atoms with Gasteiger partial charge in [-0.2, -0.15) is 0 Å². The lowest BCUT2D eigenvalue weighted by molar-refractivity contribution is 0.292. The first-order valence-corrected chi connectivity index (χ1v) is 6.98. The first-order valence-electron chi connectivity index (χ1n) is 6.98. The maximum atomic E-state index is 13.5. The minimum absolute atomic E-state index is 0.0723. The van der Waals surface area contributed by atoms with Crippen LogP contribution >= 0.6 is 0 Å². The van der Waals surface area contributed by atoms with Crippen LogP contribution in [0.1, 0.15) is 25.3 Å². The van der Waals surface area contributed by atoms with Crippen LogP contribution in [0.5, 0.6) is 0 Å². The molecule has 1 aromatic rings. The highest BCUT2D eigenvalue weighted by Crippen LogP contribution is 2.10. The van der Waals surface area contributed by atoms with Crippen molar-refractivity contribution in [1.82, 2.24) is 10.2 Å². The molecule has 18 heavy (non-hydrogen) atoms. The van der Waals surface area contributed by atoms with Gasteiger partial charge in [-0.3, -0.25) is 0 Å². The first-order chi connectivity index (χ1) is 8.79. The molecule has 0 spiro atoms. The van der Waals surface area contributed by atoms with E-state index in [9.17, 15) is 4.39 Å². The number of hydrogen-bond donors (Lipinski definition) is 1. The number of halogens is 1. The molecular formula is C15H23FN2. The van der Waals surface area contributed by atoms with Gasteiger partial charge in [-0.05, 0) is 37.4 Å². The predicted octanol–water partition coefficient (Wildman–Crippen LogP) is 2.44. The van der Waals surface area contributed by atoms with Crippen LogP contribution in [0.25, 0.3) is 0 Å². The molecule has 1 aromatic carbocycles. The standard InChI is InChI=1S/C15H23FN2/c1-2-14-8-11-18(12-9-17-14)10-7-13-5-3-4-6-15(13)16/h3-6,14,17H,2,7-12H2,1H3. The highest BCUT2D eigenvalue weighted by molar-refractivity contribution is 5.17. The van der Waals surface area contributed by atoms with E-state index in [1.807, 2.05) is 12.1 Å². The van der Waals surface area contributed by atoms with Gasteiger partial charge in [0, 0.05) is 25.7 Å². The van der Waals surface area contributed by atoms with Crippen LogP contribution in [-0.4, -0.2) is 37.1 Å². The van der Waals surface area contributed by atoms with Crippen LogP contribution in [-0.2, 0) is 6.42 Å². The summed E-state index contributed by atoms with van der Waals surface area (Å²) in [6.45, 7) is 6.44. The summed E-state index contributed by atoms with van der Waals surface area (Å²) < 4.78 is 13.5. The minimum Gasteiger partial charge on any atom is -0.313 e. The quantitative estimate of drug-likeness (QED) is 0.883. The Hall–Kier alpha value is -0.930. The molecule has 1 fully saturated rings. The average molecular weight is 250 g/mol. The summed E-state index contributed by atoms with van der Waals surface area (Å²) in [4.78, 5) is 2.44. The SMILES string of the molecule is CCC1CCN(CCc2ccccc2F)CCN1. The normalized spacial score (nSPS) is 21.8. The van der Waals surface area contributed by atoms with E-state index in [0.29, 0.717) is 6.04 Å². The lowest BCUT2D eigenvalue weighted by Crippen LogP contribution is -2.31. The topological polar surface area (TPSA) is 15.3 Å². The van der Waals surface area contributed by atoms with Gasteiger partial charge in [-0.1, -0.05) is 25.1 Å². The van der Waals surface area contributed by atoms with E-state index in [-0.39, 0.29) is 5.82 Å². The predicted molar refractivity (Wildman–Crippen MR) is 73.2 cm³/mol. The Morgan fingerprint density at radius 3 is 2.94 bits per heavy atom. The number of rotatable bonds is 4. The van der Waals surface area contributed by atoms with Gasteiger partial charge in [0.2, 0.25) is 0 Å². The van der Waals surface area contributed by atoms with E-state index < -0.39 is 0 Å². The van der Waals surface area contributed by atoms with Crippen LogP contribution in [0.2, 0.25) is 0 Å². The molecule has 2 rings (SSSR count). The first kappa shape index (κ1) is 13.5. The summed E-state index contributed by atoms with van der Waals surface area (Å²) in [5.74, 6) is -0.0723. The van der Waals surface area contributed by atoms with Crippen molar-refractivity contribution in [3.8, 4) is 0 Å². The van der Waals surface area contributed by atoms with Crippen molar-refractivity contribution in [3.05, 3.63) is 35.6 Å². The second-order valence-electron chi connectivity index (χ2n) is 5.03. The number of nitrogens with zero attached hydrogens (tertiary/aromatic N) is 1. The van der Waals surface area contributed by atoms with E-state index in [1.54, 1.807) is 12.1 Å². The number of benzene rings is 1. The third kappa shape index (κ3) is 3.79. The van der Waals surface area contributed by atoms with Crippen LogP contribution in [0.4, 0.5) is 4.39 Å². The molecule has 1 saturated heterocycles. The van der Waals surface area contributed by atoms with E-state index >= 15 is 0 Å². The molecule has 3 heteroatoms. The van der Waals surface area contributed by atoms with Crippen molar-refractivity contribution in [2.45, 2.75) is 32.2 Å². The summed E-state index contributed by atoms with van der Waals surface area (Å²) in [6, 6.07) is 7.76. The molecule has 100 valence electrons. The van der Waals surface area contributed by atoms with Gasteiger partial charge < -0.3 is 10.2 Å². The zero-order valence-electron chi connectivity index (χ0n) is 11.2.